The van der Waals surface area contributed by atoms with Crippen LogP contribution in [0.5, 0.6) is 0 Å². The van der Waals surface area contributed by atoms with Gasteiger partial charge in [-0.25, -0.2) is 4.99 Å². The average Bonchev–Trinajstić information content (AvgIpc) is 3.01. The van der Waals surface area contributed by atoms with Crippen LogP contribution in [-0.4, -0.2) is 17.5 Å². The third-order valence-electron chi connectivity index (χ3n) is 3.64. The first-order valence-electron chi connectivity index (χ1n) is 7.98. The SMILES string of the molecule is CCNC(=NCc1ccccc1)NCc1cc2ccccc2[nH]1.I. The van der Waals surface area contributed by atoms with Crippen LogP contribution in [0.3, 0.4) is 0 Å². The number of rotatable bonds is 5. The summed E-state index contributed by atoms with van der Waals surface area (Å²) in [6.45, 7) is 4.30. The van der Waals surface area contributed by atoms with Crippen molar-refractivity contribution in [2.75, 3.05) is 6.54 Å². The Kier molecular flexibility index (Phi) is 7.11. The molecule has 1 aromatic heterocycles. The zero-order chi connectivity index (χ0) is 15.9. The zero-order valence-electron chi connectivity index (χ0n) is 13.8. The molecule has 126 valence electrons. The Balaban J connectivity index is 0.00000208. The van der Waals surface area contributed by atoms with E-state index in [2.05, 4.69) is 63.9 Å². The summed E-state index contributed by atoms with van der Waals surface area (Å²) >= 11 is 0. The Morgan fingerprint density at radius 3 is 2.50 bits per heavy atom. The van der Waals surface area contributed by atoms with E-state index in [0.717, 1.165) is 30.3 Å². The van der Waals surface area contributed by atoms with Crippen LogP contribution in [0.1, 0.15) is 18.2 Å². The van der Waals surface area contributed by atoms with E-state index in [9.17, 15) is 0 Å². The normalized spacial score (nSPS) is 11.1. The number of nitrogens with zero attached hydrogens (tertiary/aromatic N) is 1. The summed E-state index contributed by atoms with van der Waals surface area (Å²) in [5, 5.41) is 7.89. The first-order chi connectivity index (χ1) is 11.3. The van der Waals surface area contributed by atoms with Crippen molar-refractivity contribution in [3.05, 3.63) is 71.9 Å². The van der Waals surface area contributed by atoms with Gasteiger partial charge < -0.3 is 15.6 Å². The lowest BCUT2D eigenvalue weighted by Gasteiger charge is -2.10. The molecule has 0 aliphatic carbocycles. The van der Waals surface area contributed by atoms with Crippen LogP contribution in [0.15, 0.2) is 65.7 Å². The van der Waals surface area contributed by atoms with Crippen molar-refractivity contribution in [2.45, 2.75) is 20.0 Å². The minimum absolute atomic E-state index is 0. The molecule has 1 heterocycles. The van der Waals surface area contributed by atoms with Crippen molar-refractivity contribution in [1.29, 1.82) is 0 Å². The van der Waals surface area contributed by atoms with Gasteiger partial charge in [0.25, 0.3) is 0 Å². The average molecular weight is 434 g/mol. The number of guanidine groups is 1. The second kappa shape index (κ2) is 9.32. The molecule has 3 aromatic rings. The van der Waals surface area contributed by atoms with Gasteiger partial charge in [-0.3, -0.25) is 0 Å². The van der Waals surface area contributed by atoms with E-state index in [1.807, 2.05) is 24.3 Å². The fourth-order valence-corrected chi connectivity index (χ4v) is 2.50. The maximum atomic E-state index is 4.63. The maximum Gasteiger partial charge on any atom is 0.191 e. The quantitative estimate of drug-likeness (QED) is 0.323. The number of H-pyrrole nitrogens is 1. The van der Waals surface area contributed by atoms with Crippen molar-refractivity contribution < 1.29 is 0 Å². The molecule has 5 heteroatoms. The molecule has 0 saturated carbocycles. The monoisotopic (exact) mass is 434 g/mol. The number of aromatic nitrogens is 1. The van der Waals surface area contributed by atoms with Gasteiger partial charge in [0.2, 0.25) is 0 Å². The van der Waals surface area contributed by atoms with E-state index >= 15 is 0 Å². The fourth-order valence-electron chi connectivity index (χ4n) is 2.50. The van der Waals surface area contributed by atoms with Gasteiger partial charge in [-0.1, -0.05) is 48.5 Å². The summed E-state index contributed by atoms with van der Waals surface area (Å²) in [4.78, 5) is 8.05. The molecule has 0 radical (unpaired) electrons. The predicted octanol–water partition coefficient (Wildman–Crippen LogP) is 4.04. The number of aliphatic imine (C=N–C) groups is 1. The van der Waals surface area contributed by atoms with Crippen LogP contribution in [0.25, 0.3) is 10.9 Å². The zero-order valence-corrected chi connectivity index (χ0v) is 16.1. The van der Waals surface area contributed by atoms with E-state index in [4.69, 9.17) is 0 Å². The summed E-state index contributed by atoms with van der Waals surface area (Å²) in [7, 11) is 0. The van der Waals surface area contributed by atoms with Crippen LogP contribution in [0.4, 0.5) is 0 Å². The Morgan fingerprint density at radius 2 is 1.75 bits per heavy atom. The summed E-state index contributed by atoms with van der Waals surface area (Å²) < 4.78 is 0. The lowest BCUT2D eigenvalue weighted by molar-refractivity contribution is 0.805. The number of fused-ring (bicyclic) bond motifs is 1. The molecule has 0 aliphatic heterocycles. The predicted molar refractivity (Wildman–Crippen MR) is 112 cm³/mol. The molecular weight excluding hydrogens is 411 g/mol. The molecule has 0 amide bonds. The highest BCUT2D eigenvalue weighted by molar-refractivity contribution is 14.0. The Labute approximate surface area is 159 Å². The largest absolute Gasteiger partial charge is 0.357 e. The third-order valence-corrected chi connectivity index (χ3v) is 3.64. The second-order valence-electron chi connectivity index (χ2n) is 5.42. The second-order valence-corrected chi connectivity index (χ2v) is 5.42. The van der Waals surface area contributed by atoms with Crippen LogP contribution < -0.4 is 10.6 Å². The molecule has 2 aromatic carbocycles. The van der Waals surface area contributed by atoms with E-state index in [1.54, 1.807) is 0 Å². The van der Waals surface area contributed by atoms with Gasteiger partial charge in [0.15, 0.2) is 5.96 Å². The standard InChI is InChI=1S/C19H22N4.HI/c1-2-20-19(21-13-15-8-4-3-5-9-15)22-14-17-12-16-10-6-7-11-18(16)23-17;/h3-12,23H,2,13-14H2,1H3,(H2,20,21,22);1H. The van der Waals surface area contributed by atoms with E-state index in [0.29, 0.717) is 6.54 Å². The van der Waals surface area contributed by atoms with Crippen LogP contribution >= 0.6 is 24.0 Å². The highest BCUT2D eigenvalue weighted by atomic mass is 127. The van der Waals surface area contributed by atoms with Crippen LogP contribution in [0, 0.1) is 0 Å². The molecular formula is C19H23IN4. The molecule has 0 unspecified atom stereocenters. The van der Waals surface area contributed by atoms with Gasteiger partial charge in [0.1, 0.15) is 0 Å². The van der Waals surface area contributed by atoms with Crippen molar-refractivity contribution in [2.24, 2.45) is 4.99 Å². The molecule has 0 bridgehead atoms. The third kappa shape index (κ3) is 4.99. The van der Waals surface area contributed by atoms with Crippen LogP contribution in [0.2, 0.25) is 0 Å². The van der Waals surface area contributed by atoms with E-state index < -0.39 is 0 Å². The lowest BCUT2D eigenvalue weighted by atomic mass is 10.2. The van der Waals surface area contributed by atoms with Gasteiger partial charge in [-0.15, -0.1) is 24.0 Å². The first kappa shape index (κ1) is 18.3. The van der Waals surface area contributed by atoms with E-state index in [-0.39, 0.29) is 24.0 Å². The van der Waals surface area contributed by atoms with Gasteiger partial charge in [0.05, 0.1) is 13.1 Å². The minimum atomic E-state index is 0. The smallest absolute Gasteiger partial charge is 0.191 e. The van der Waals surface area contributed by atoms with Gasteiger partial charge in [-0.2, -0.15) is 0 Å². The highest BCUT2D eigenvalue weighted by Crippen LogP contribution is 2.14. The van der Waals surface area contributed by atoms with Crippen molar-refractivity contribution in [3.63, 3.8) is 0 Å². The molecule has 4 nitrogen and oxygen atoms in total. The summed E-state index contributed by atoms with van der Waals surface area (Å²) in [6.07, 6.45) is 0. The molecule has 0 atom stereocenters. The number of nitrogens with one attached hydrogen (secondary N) is 3. The van der Waals surface area contributed by atoms with E-state index in [1.165, 1.54) is 10.9 Å². The minimum Gasteiger partial charge on any atom is -0.357 e. The van der Waals surface area contributed by atoms with Gasteiger partial charge in [-0.05, 0) is 30.0 Å². The first-order valence-corrected chi connectivity index (χ1v) is 7.98. The molecule has 0 saturated heterocycles. The molecule has 0 spiro atoms. The topological polar surface area (TPSA) is 52.2 Å². The fraction of sp³-hybridized carbons (Fsp3) is 0.211. The van der Waals surface area contributed by atoms with Crippen molar-refractivity contribution in [1.82, 2.24) is 15.6 Å². The summed E-state index contributed by atoms with van der Waals surface area (Å²) in [5.74, 6) is 0.829. The maximum absolute atomic E-state index is 4.63. The molecule has 3 rings (SSSR count). The van der Waals surface area contributed by atoms with Gasteiger partial charge in [0, 0.05) is 17.8 Å². The summed E-state index contributed by atoms with van der Waals surface area (Å²) in [6, 6.07) is 20.7. The number of halogens is 1. The Hall–Kier alpha value is -2.02. The number of para-hydroxylation sites is 1. The Bertz CT molecular complexity index is 747. The number of hydrogen-bond donors (Lipinski definition) is 3. The Morgan fingerprint density at radius 1 is 1.00 bits per heavy atom. The number of aromatic amines is 1. The number of hydrogen-bond acceptors (Lipinski definition) is 1. The van der Waals surface area contributed by atoms with Gasteiger partial charge >= 0.3 is 0 Å². The lowest BCUT2D eigenvalue weighted by Crippen LogP contribution is -2.36. The van der Waals surface area contributed by atoms with Crippen molar-refractivity contribution >= 4 is 40.8 Å². The van der Waals surface area contributed by atoms with Crippen LogP contribution in [-0.2, 0) is 13.1 Å². The molecule has 24 heavy (non-hydrogen) atoms. The van der Waals surface area contributed by atoms with Crippen molar-refractivity contribution in [3.8, 4) is 0 Å². The summed E-state index contributed by atoms with van der Waals surface area (Å²) in [5.41, 5.74) is 3.52. The molecule has 0 fully saturated rings. The molecule has 0 aliphatic rings. The number of benzene rings is 2. The highest BCUT2D eigenvalue weighted by Gasteiger charge is 2.02. The molecule has 3 N–H and O–H groups in total.